The number of hydroxylamine groups is 1. The third kappa shape index (κ3) is 24.5. The van der Waals surface area contributed by atoms with Gasteiger partial charge in [0.25, 0.3) is 5.69 Å². The van der Waals surface area contributed by atoms with E-state index in [4.69, 9.17) is 9.57 Å². The summed E-state index contributed by atoms with van der Waals surface area (Å²) < 4.78 is 30.9. The van der Waals surface area contributed by atoms with Gasteiger partial charge in [0.15, 0.2) is 46.6 Å². The molecule has 2 amide bonds. The van der Waals surface area contributed by atoms with Crippen LogP contribution in [-0.2, 0) is 72.6 Å². The molecule has 42 nitrogen and oxygen atoms in total. The first-order chi connectivity index (χ1) is 56.1. The fourth-order valence-electron chi connectivity index (χ4n) is 9.95. The molecule has 8 aromatic carbocycles. The molecule has 116 heavy (non-hydrogen) atoms. The molecule has 8 heterocycles. The number of nitro groups is 1. The predicted molar refractivity (Wildman–Crippen MR) is 422 cm³/mol. The van der Waals surface area contributed by atoms with Crippen molar-refractivity contribution >= 4 is 23.1 Å². The summed E-state index contributed by atoms with van der Waals surface area (Å²) in [6.07, 6.45) is 0. The van der Waals surface area contributed by atoms with E-state index in [2.05, 4.69) is 166 Å². The molecule has 4 N–H and O–H groups in total. The second-order valence-corrected chi connectivity index (χ2v) is 24.5. The van der Waals surface area contributed by atoms with Crippen LogP contribution in [-0.4, -0.2) is 201 Å². The number of carbonyl (C=O) groups excluding carboxylic acids is 1. The summed E-state index contributed by atoms with van der Waals surface area (Å²) in [6, 6.07) is 59.6. The first-order valence-electron chi connectivity index (χ1n) is 34.9. The number of aromatic nitrogens is 32. The number of nitrogens with zero attached hydrogens (tertiary/aromatic N) is 33. The van der Waals surface area contributed by atoms with E-state index in [-0.39, 0.29) is 17.5 Å². The molecule has 0 fully saturated rings. The topological polar surface area (TPSA) is 476 Å². The Morgan fingerprint density at radius 2 is 0.664 bits per heavy atom. The van der Waals surface area contributed by atoms with Gasteiger partial charge in [0, 0.05) is 140 Å². The Kier molecular flexibility index (Phi) is 31.1. The van der Waals surface area contributed by atoms with E-state index in [9.17, 15) is 19.3 Å². The number of urea groups is 1. The van der Waals surface area contributed by atoms with Crippen molar-refractivity contribution in [2.45, 2.75) is 27.4 Å². The fraction of sp³-hybridized carbons (Fsp3) is 0.219. The van der Waals surface area contributed by atoms with Gasteiger partial charge in [-0.3, -0.25) is 15.0 Å². The summed E-state index contributed by atoms with van der Waals surface area (Å²) in [5.41, 5.74) is 16.3. The maximum Gasteiger partial charge on any atom is 0.318 e. The van der Waals surface area contributed by atoms with Gasteiger partial charge >= 0.3 is 6.03 Å². The number of ether oxygens (including phenoxy) is 1. The van der Waals surface area contributed by atoms with E-state index in [0.717, 1.165) is 79.3 Å². The van der Waals surface area contributed by atoms with Gasteiger partial charge in [-0.05, 0) is 183 Å². The first-order valence-corrected chi connectivity index (χ1v) is 34.9. The number of hydrogen-bond donors (Lipinski definition) is 4. The average molecular weight is 1580 g/mol. The number of amides is 2. The SMILES string of the molecule is CNC(=O)Nc1ccc(-c2nnnn2C)cc1.CNOCc1ccc(-c2nnnn2C)cc1.COCNc1ccc(-c2nnnn2C)cc1.Cc1ccc(-c2nnnn2C)cc1.Cc1ccc(-c2nnnn2C)cc1.Cc1ccc(-c2nnnn2C)cc1.Cn1nnnc1-c1ccc([N+](=O)[O-])cc1.Cn1nnnc1-c1ccccc1F. The fourth-order valence-corrected chi connectivity index (χ4v) is 9.95. The Labute approximate surface area is 662 Å². The van der Waals surface area contributed by atoms with Crippen LogP contribution < -0.4 is 21.4 Å². The van der Waals surface area contributed by atoms with Crippen LogP contribution in [0.15, 0.2) is 194 Å². The number of aryl methyl sites for hydroxylation is 11. The van der Waals surface area contributed by atoms with E-state index < -0.39 is 4.92 Å². The van der Waals surface area contributed by atoms with Crippen LogP contribution in [0, 0.1) is 36.7 Å². The molecule has 16 aromatic rings. The van der Waals surface area contributed by atoms with Gasteiger partial charge in [0.05, 0.1) is 17.1 Å². The molecule has 43 heteroatoms. The number of halogens is 1. The molecule has 0 aliphatic heterocycles. The highest BCUT2D eigenvalue weighted by atomic mass is 19.1. The van der Waals surface area contributed by atoms with Crippen molar-refractivity contribution < 1.29 is 23.7 Å². The van der Waals surface area contributed by atoms with Crippen molar-refractivity contribution in [2.24, 2.45) is 56.4 Å². The highest BCUT2D eigenvalue weighted by Crippen LogP contribution is 2.24. The molecule has 0 saturated heterocycles. The van der Waals surface area contributed by atoms with Crippen molar-refractivity contribution in [3.05, 3.63) is 232 Å². The van der Waals surface area contributed by atoms with Gasteiger partial charge in [0.1, 0.15) is 12.5 Å². The number of carbonyl (C=O) groups is 1. The van der Waals surface area contributed by atoms with Gasteiger partial charge in [-0.2, -0.15) is 0 Å². The zero-order valence-corrected chi connectivity index (χ0v) is 65.6. The summed E-state index contributed by atoms with van der Waals surface area (Å²) in [5, 5.41) is 108. The predicted octanol–water partition coefficient (Wildman–Crippen LogP) is 7.41. The quantitative estimate of drug-likeness (QED) is 0.0415. The zero-order chi connectivity index (χ0) is 82.9. The van der Waals surface area contributed by atoms with Crippen LogP contribution in [0.3, 0.4) is 0 Å². The van der Waals surface area contributed by atoms with Crippen LogP contribution in [0.5, 0.6) is 0 Å². The molecular formula is C73H82FN37O5. The third-order valence-electron chi connectivity index (χ3n) is 16.1. The Morgan fingerprint density at radius 3 is 0.931 bits per heavy atom. The second-order valence-electron chi connectivity index (χ2n) is 24.5. The van der Waals surface area contributed by atoms with E-state index in [1.165, 1.54) is 44.3 Å². The Balaban J connectivity index is 0.000000152. The molecule has 0 spiro atoms. The zero-order valence-electron chi connectivity index (χ0n) is 65.6. The summed E-state index contributed by atoms with van der Waals surface area (Å²) in [6.45, 7) is 7.19. The number of nitro benzene ring substituents is 1. The van der Waals surface area contributed by atoms with Crippen LogP contribution in [0.25, 0.3) is 91.1 Å². The van der Waals surface area contributed by atoms with Gasteiger partial charge in [-0.1, -0.05) is 126 Å². The average Bonchev–Trinajstić information content (AvgIpc) is 1.59. The normalized spacial score (nSPS) is 10.3. The van der Waals surface area contributed by atoms with Crippen molar-refractivity contribution in [2.75, 3.05) is 38.6 Å². The minimum atomic E-state index is -0.446. The second kappa shape index (κ2) is 42.7. The number of methoxy groups -OCH3 is 1. The Morgan fingerprint density at radius 1 is 0.388 bits per heavy atom. The van der Waals surface area contributed by atoms with Crippen LogP contribution in [0.1, 0.15) is 22.3 Å². The van der Waals surface area contributed by atoms with Gasteiger partial charge in [-0.15, -0.1) is 40.8 Å². The van der Waals surface area contributed by atoms with Gasteiger partial charge in [-0.25, -0.2) is 52.1 Å². The van der Waals surface area contributed by atoms with E-state index in [1.54, 1.807) is 113 Å². The lowest BCUT2D eigenvalue weighted by Gasteiger charge is -2.05. The number of non-ortho nitro benzene ring substituents is 1. The van der Waals surface area contributed by atoms with Crippen molar-refractivity contribution in [1.29, 1.82) is 0 Å². The summed E-state index contributed by atoms with van der Waals surface area (Å²) >= 11 is 0. The highest BCUT2D eigenvalue weighted by molar-refractivity contribution is 5.89. The van der Waals surface area contributed by atoms with E-state index >= 15 is 0 Å². The molecule has 0 saturated carbocycles. The molecular weight excluding hydrogens is 1490 g/mol. The number of hydrogen-bond acceptors (Lipinski definition) is 31. The maximum absolute atomic E-state index is 13.2. The number of anilines is 2. The maximum atomic E-state index is 13.2. The highest BCUT2D eigenvalue weighted by Gasteiger charge is 2.14. The van der Waals surface area contributed by atoms with Crippen LogP contribution >= 0.6 is 0 Å². The standard InChI is InChI=1S/C10H12N6O.2C10H13N5O.3C9H10N4.C8H7FN4.C8H7N5O2/c1-11-10(17)12-8-5-3-7(4-6-8)9-13-14-15-16(9)2;1-15-10(12-13-14-15)8-3-5-9(6-4-8)11-7-16-2;1-11-16-7-8-3-5-9(6-4-8)10-12-13-14-15(10)2;3*1-7-3-5-8(6-4-7)9-10-11-12-13(9)2;1-13-8(10-11-12-13)6-4-2-3-5-7(6)9;1-12-8(9-10-11-12)6-2-4-7(5-3-6)13(14)15/h3-6H,1-2H3,(H2,11,12,17);2*3-6,11H,7H2,1-2H3;3*3-6H,1-2H3;2-5H,1H3;2-5H,1H3. The molecule has 0 unspecified atom stereocenters. The number of tetrazole rings is 8. The molecule has 0 atom stereocenters. The van der Waals surface area contributed by atoms with Crippen molar-refractivity contribution in [1.82, 2.24) is 172 Å². The van der Waals surface area contributed by atoms with Crippen molar-refractivity contribution in [3.8, 4) is 91.1 Å². The molecule has 0 bridgehead atoms. The lowest BCUT2D eigenvalue weighted by molar-refractivity contribution is -0.384. The summed E-state index contributed by atoms with van der Waals surface area (Å²) in [5.74, 6) is 5.24. The smallest absolute Gasteiger partial charge is 0.318 e. The Hall–Kier alpha value is -15.4. The molecule has 16 rings (SSSR count). The third-order valence-corrected chi connectivity index (χ3v) is 16.1. The summed E-state index contributed by atoms with van der Waals surface area (Å²) in [7, 11) is 19.2. The number of benzene rings is 8. The van der Waals surface area contributed by atoms with Gasteiger partial charge < -0.3 is 20.7 Å². The minimum Gasteiger partial charge on any atom is -0.365 e. The lowest BCUT2D eigenvalue weighted by atomic mass is 10.1. The minimum absolute atomic E-state index is 0.0499. The largest absolute Gasteiger partial charge is 0.365 e. The van der Waals surface area contributed by atoms with Crippen LogP contribution in [0.4, 0.5) is 26.2 Å². The van der Waals surface area contributed by atoms with Crippen molar-refractivity contribution in [3.63, 3.8) is 0 Å². The van der Waals surface area contributed by atoms with Crippen LogP contribution in [0.2, 0.25) is 0 Å². The lowest BCUT2D eigenvalue weighted by Crippen LogP contribution is -2.24. The van der Waals surface area contributed by atoms with E-state index in [0.29, 0.717) is 42.1 Å². The molecule has 0 aliphatic rings. The number of nitrogens with one attached hydrogen (secondary N) is 4. The Bertz CT molecular complexity index is 5340. The van der Waals surface area contributed by atoms with E-state index in [1.807, 2.05) is 169 Å². The first kappa shape index (κ1) is 84.6. The summed E-state index contributed by atoms with van der Waals surface area (Å²) in [4.78, 5) is 26.1. The monoisotopic (exact) mass is 1580 g/mol. The van der Waals surface area contributed by atoms with Gasteiger partial charge in [0.2, 0.25) is 0 Å². The molecule has 8 aromatic heterocycles. The molecule has 0 radical (unpaired) electrons. The molecule has 0 aliphatic carbocycles. The molecule has 596 valence electrons. The number of rotatable bonds is 16.